The smallest absolute Gasteiger partial charge is 0.168 e. The van der Waals surface area contributed by atoms with Crippen molar-refractivity contribution in [3.63, 3.8) is 0 Å². The van der Waals surface area contributed by atoms with Gasteiger partial charge in [-0.2, -0.15) is 47.0 Å². The molecule has 7 heteroatoms. The molecule has 1 heterocycles. The van der Waals surface area contributed by atoms with E-state index in [-0.39, 0.29) is 11.9 Å². The van der Waals surface area contributed by atoms with Gasteiger partial charge < -0.3 is 14.2 Å². The lowest BCUT2D eigenvalue weighted by molar-refractivity contribution is -0.180. The van der Waals surface area contributed by atoms with E-state index in [4.69, 9.17) is 14.2 Å². The van der Waals surface area contributed by atoms with E-state index in [0.717, 1.165) is 32.5 Å². The lowest BCUT2D eigenvalue weighted by atomic mass is 9.99. The van der Waals surface area contributed by atoms with Gasteiger partial charge in [-0.15, -0.1) is 0 Å². The van der Waals surface area contributed by atoms with E-state index in [1.807, 2.05) is 0 Å². The molecule has 41 heavy (non-hydrogen) atoms. The van der Waals surface area contributed by atoms with Gasteiger partial charge in [0.05, 0.1) is 12.7 Å². The molecule has 0 aromatic rings. The summed E-state index contributed by atoms with van der Waals surface area (Å²) in [6.45, 7) is 6.07. The van der Waals surface area contributed by atoms with Crippen molar-refractivity contribution in [2.24, 2.45) is 0 Å². The summed E-state index contributed by atoms with van der Waals surface area (Å²) in [6, 6.07) is 0. The van der Waals surface area contributed by atoms with Crippen LogP contribution in [0.2, 0.25) is 0 Å². The minimum Gasteiger partial charge on any atom is -0.385 e. The number of hydrogen-bond donors (Lipinski definition) is 0. The predicted molar refractivity (Wildman–Crippen MR) is 193 cm³/mol. The van der Waals surface area contributed by atoms with Crippen LogP contribution in [0.4, 0.5) is 0 Å². The standard InChI is InChI=1S/C34H68O3S4/c1-4-6-18-26-38-31-40-28-20-14-10-8-12-16-23-34(36-30-33(37-34)22-25-35-3)24-17-13-9-11-15-21-29-41-32-39-27-19-7-5-2/h33H,4-32H2,1-3H3. The molecule has 0 bridgehead atoms. The van der Waals surface area contributed by atoms with E-state index in [9.17, 15) is 0 Å². The van der Waals surface area contributed by atoms with Gasteiger partial charge in [0.2, 0.25) is 0 Å². The Hall–Kier alpha value is 1.28. The first-order valence-corrected chi connectivity index (χ1v) is 22.0. The molecular weight excluding hydrogens is 585 g/mol. The Kier molecular flexibility index (Phi) is 30.7. The van der Waals surface area contributed by atoms with Crippen molar-refractivity contribution in [2.45, 2.75) is 161 Å². The average molecular weight is 653 g/mol. The first-order valence-electron chi connectivity index (χ1n) is 17.4. The summed E-state index contributed by atoms with van der Waals surface area (Å²) in [4.78, 5) is 0. The second kappa shape index (κ2) is 31.3. The Balaban J connectivity index is 2.07. The number of thioether (sulfide) groups is 4. The van der Waals surface area contributed by atoms with Crippen LogP contribution in [0.1, 0.15) is 149 Å². The number of hydrogen-bond acceptors (Lipinski definition) is 7. The van der Waals surface area contributed by atoms with Crippen LogP contribution in [-0.2, 0) is 14.2 Å². The maximum atomic E-state index is 6.57. The summed E-state index contributed by atoms with van der Waals surface area (Å²) in [5.74, 6) is 5.05. The van der Waals surface area contributed by atoms with Crippen LogP contribution in [0, 0.1) is 0 Å². The van der Waals surface area contributed by atoms with Crippen molar-refractivity contribution in [2.75, 3.05) is 53.5 Å². The molecular formula is C34H68O3S4. The minimum absolute atomic E-state index is 0.208. The summed E-state index contributed by atoms with van der Waals surface area (Å²) >= 11 is 8.54. The lowest BCUT2D eigenvalue weighted by Gasteiger charge is -2.28. The van der Waals surface area contributed by atoms with Gasteiger partial charge in [0.25, 0.3) is 0 Å². The van der Waals surface area contributed by atoms with Crippen molar-refractivity contribution in [3.05, 3.63) is 0 Å². The fraction of sp³-hybridized carbons (Fsp3) is 1.00. The number of ether oxygens (including phenoxy) is 3. The van der Waals surface area contributed by atoms with Crippen LogP contribution < -0.4 is 0 Å². The zero-order chi connectivity index (χ0) is 29.5. The second-order valence-electron chi connectivity index (χ2n) is 11.8. The van der Waals surface area contributed by atoms with Gasteiger partial charge in [-0.1, -0.05) is 90.9 Å². The third kappa shape index (κ3) is 25.2. The molecule has 0 amide bonds. The summed E-state index contributed by atoms with van der Waals surface area (Å²) in [5, 5.41) is 2.57. The largest absolute Gasteiger partial charge is 0.385 e. The minimum atomic E-state index is -0.324. The molecule has 1 unspecified atom stereocenters. The Bertz CT molecular complexity index is 494. The highest BCUT2D eigenvalue weighted by molar-refractivity contribution is 8.16. The molecule has 1 saturated heterocycles. The van der Waals surface area contributed by atoms with Crippen LogP contribution in [0.5, 0.6) is 0 Å². The van der Waals surface area contributed by atoms with Crippen LogP contribution in [0.3, 0.4) is 0 Å². The van der Waals surface area contributed by atoms with Crippen molar-refractivity contribution >= 4 is 47.0 Å². The van der Waals surface area contributed by atoms with Gasteiger partial charge >= 0.3 is 0 Å². The summed E-state index contributed by atoms with van der Waals surface area (Å²) in [6.07, 6.45) is 27.6. The monoisotopic (exact) mass is 652 g/mol. The molecule has 0 spiro atoms. The normalized spacial score (nSPS) is 16.6. The van der Waals surface area contributed by atoms with Crippen molar-refractivity contribution in [1.29, 1.82) is 0 Å². The van der Waals surface area contributed by atoms with E-state index in [1.165, 1.54) is 149 Å². The van der Waals surface area contributed by atoms with Gasteiger partial charge in [0.15, 0.2) is 5.79 Å². The third-order valence-corrected chi connectivity index (χ3v) is 12.8. The summed E-state index contributed by atoms with van der Waals surface area (Å²) < 4.78 is 18.3. The molecule has 1 atom stereocenters. The Labute approximate surface area is 274 Å². The van der Waals surface area contributed by atoms with Crippen LogP contribution in [0.15, 0.2) is 0 Å². The number of unbranched alkanes of at least 4 members (excludes halogenated alkanes) is 14. The van der Waals surface area contributed by atoms with Crippen molar-refractivity contribution in [1.82, 2.24) is 0 Å². The first kappa shape index (κ1) is 40.3. The molecule has 1 aliphatic rings. The molecule has 1 fully saturated rings. The predicted octanol–water partition coefficient (Wildman–Crippen LogP) is 11.8. The fourth-order valence-electron chi connectivity index (χ4n) is 5.27. The highest BCUT2D eigenvalue weighted by Gasteiger charge is 2.40. The number of rotatable bonds is 33. The summed E-state index contributed by atoms with van der Waals surface area (Å²) in [5.41, 5.74) is 0. The Morgan fingerprint density at radius 3 is 1.44 bits per heavy atom. The van der Waals surface area contributed by atoms with Crippen molar-refractivity contribution in [3.8, 4) is 0 Å². The van der Waals surface area contributed by atoms with E-state index in [1.54, 1.807) is 7.11 Å². The van der Waals surface area contributed by atoms with Gasteiger partial charge in [-0.05, 0) is 68.0 Å². The summed E-state index contributed by atoms with van der Waals surface area (Å²) in [7, 11) is 1.78. The SMILES string of the molecule is CCCCCSCSCCCCCCCCC1(CCCCCCCCSCSCCCCC)OCC(CCOC)O1. The Morgan fingerprint density at radius 2 is 1.00 bits per heavy atom. The molecule has 246 valence electrons. The van der Waals surface area contributed by atoms with Gasteiger partial charge in [-0.3, -0.25) is 0 Å². The van der Waals surface area contributed by atoms with E-state index in [2.05, 4.69) is 60.9 Å². The number of methoxy groups -OCH3 is 1. The molecule has 0 saturated carbocycles. The topological polar surface area (TPSA) is 27.7 Å². The molecule has 0 aromatic heterocycles. The van der Waals surface area contributed by atoms with E-state index >= 15 is 0 Å². The molecule has 1 aliphatic heterocycles. The first-order chi connectivity index (χ1) is 20.3. The highest BCUT2D eigenvalue weighted by Crippen LogP contribution is 2.35. The maximum absolute atomic E-state index is 6.57. The average Bonchev–Trinajstić information content (AvgIpc) is 3.39. The lowest BCUT2D eigenvalue weighted by Crippen LogP contribution is -2.31. The van der Waals surface area contributed by atoms with E-state index in [0.29, 0.717) is 0 Å². The van der Waals surface area contributed by atoms with E-state index < -0.39 is 0 Å². The molecule has 0 aromatic carbocycles. The van der Waals surface area contributed by atoms with Crippen LogP contribution in [-0.4, -0.2) is 65.4 Å². The van der Waals surface area contributed by atoms with Gasteiger partial charge in [0, 0.05) is 36.7 Å². The van der Waals surface area contributed by atoms with Crippen LogP contribution >= 0.6 is 47.0 Å². The molecule has 1 rings (SSSR count). The highest BCUT2D eigenvalue weighted by atomic mass is 32.2. The van der Waals surface area contributed by atoms with Gasteiger partial charge in [-0.25, -0.2) is 0 Å². The molecule has 3 nitrogen and oxygen atoms in total. The van der Waals surface area contributed by atoms with Crippen LogP contribution in [0.25, 0.3) is 0 Å². The van der Waals surface area contributed by atoms with Crippen molar-refractivity contribution < 1.29 is 14.2 Å². The Morgan fingerprint density at radius 1 is 0.585 bits per heavy atom. The third-order valence-electron chi connectivity index (χ3n) is 7.87. The fourth-order valence-corrected chi connectivity index (χ4v) is 9.73. The molecule has 0 N–H and O–H groups in total. The second-order valence-corrected chi connectivity index (χ2v) is 16.9. The quantitative estimate of drug-likeness (QED) is 0.0514. The zero-order valence-corrected chi connectivity index (χ0v) is 30.7. The molecule has 0 radical (unpaired) electrons. The van der Waals surface area contributed by atoms with Gasteiger partial charge in [0.1, 0.15) is 0 Å². The zero-order valence-electron chi connectivity index (χ0n) is 27.4. The maximum Gasteiger partial charge on any atom is 0.168 e. The molecule has 0 aliphatic carbocycles.